The zero-order chi connectivity index (χ0) is 8.81. The summed E-state index contributed by atoms with van der Waals surface area (Å²) in [6.07, 6.45) is 8.24. The third-order valence-electron chi connectivity index (χ3n) is 1.50. The molecule has 0 atom stereocenters. The minimum absolute atomic E-state index is 0.651. The Bertz CT molecular complexity index is 259. The Morgan fingerprint density at radius 3 is 3.00 bits per heavy atom. The van der Waals surface area contributed by atoms with Crippen LogP contribution in [-0.4, -0.2) is 16.3 Å². The highest BCUT2D eigenvalue weighted by atomic mass is 15.3. The maximum atomic E-state index is 5.38. The number of hydrogen-bond acceptors (Lipinski definition) is 2. The molecule has 0 fully saturated rings. The first-order valence-electron chi connectivity index (χ1n) is 3.91. The van der Waals surface area contributed by atoms with Crippen molar-refractivity contribution in [1.82, 2.24) is 9.78 Å². The summed E-state index contributed by atoms with van der Waals surface area (Å²) in [7, 11) is 0. The van der Waals surface area contributed by atoms with Gasteiger partial charge in [0, 0.05) is 12.4 Å². The fraction of sp³-hybridized carbons (Fsp3) is 0.222. The molecule has 1 rings (SSSR count). The fourth-order valence-corrected chi connectivity index (χ4v) is 0.923. The summed E-state index contributed by atoms with van der Waals surface area (Å²) in [5.74, 6) is 0. The van der Waals surface area contributed by atoms with Crippen molar-refractivity contribution in [2.24, 2.45) is 5.73 Å². The summed E-state index contributed by atoms with van der Waals surface area (Å²) in [4.78, 5) is 0. The van der Waals surface area contributed by atoms with Crippen LogP contribution < -0.4 is 5.73 Å². The summed E-state index contributed by atoms with van der Waals surface area (Å²) in [6.45, 7) is 4.35. The van der Waals surface area contributed by atoms with Crippen molar-refractivity contribution in [3.05, 3.63) is 37.2 Å². The molecule has 12 heavy (non-hydrogen) atoms. The van der Waals surface area contributed by atoms with E-state index in [0.29, 0.717) is 6.54 Å². The first-order valence-corrected chi connectivity index (χ1v) is 3.91. The predicted molar refractivity (Wildman–Crippen MR) is 50.4 cm³/mol. The Morgan fingerprint density at radius 1 is 1.67 bits per heavy atom. The third kappa shape index (κ3) is 2.07. The second kappa shape index (κ2) is 4.51. The molecule has 0 unspecified atom stereocenters. The third-order valence-corrected chi connectivity index (χ3v) is 1.50. The van der Waals surface area contributed by atoms with Crippen LogP contribution in [-0.2, 0) is 0 Å². The summed E-state index contributed by atoms with van der Waals surface area (Å²) in [6, 6.07) is 1.87. The normalized spacial score (nSPS) is 11.6. The van der Waals surface area contributed by atoms with Gasteiger partial charge < -0.3 is 5.73 Å². The van der Waals surface area contributed by atoms with Gasteiger partial charge in [-0.3, -0.25) is 0 Å². The Hall–Kier alpha value is -1.35. The van der Waals surface area contributed by atoms with E-state index in [1.165, 1.54) is 0 Å². The van der Waals surface area contributed by atoms with Gasteiger partial charge in [-0.25, -0.2) is 4.68 Å². The van der Waals surface area contributed by atoms with Gasteiger partial charge >= 0.3 is 0 Å². The molecule has 0 saturated carbocycles. The lowest BCUT2D eigenvalue weighted by Gasteiger charge is -2.00. The van der Waals surface area contributed by atoms with Gasteiger partial charge in [0.2, 0.25) is 0 Å². The van der Waals surface area contributed by atoms with Gasteiger partial charge in [-0.2, -0.15) is 5.10 Å². The highest BCUT2D eigenvalue weighted by Crippen LogP contribution is 2.03. The molecule has 0 spiro atoms. The summed E-state index contributed by atoms with van der Waals surface area (Å²) in [5.41, 5.74) is 6.35. The van der Waals surface area contributed by atoms with E-state index in [1.807, 2.05) is 18.3 Å². The molecule has 0 bridgehead atoms. The van der Waals surface area contributed by atoms with Gasteiger partial charge in [0.15, 0.2) is 0 Å². The molecule has 0 aliphatic carbocycles. The van der Waals surface area contributed by atoms with Crippen molar-refractivity contribution < 1.29 is 0 Å². The first-order chi connectivity index (χ1) is 5.88. The smallest absolute Gasteiger partial charge is 0.0600 e. The number of aromatic nitrogens is 2. The Labute approximate surface area is 72.2 Å². The van der Waals surface area contributed by atoms with Gasteiger partial charge in [-0.15, -0.1) is 0 Å². The highest BCUT2D eigenvalue weighted by molar-refractivity contribution is 5.54. The minimum Gasteiger partial charge on any atom is -0.330 e. The molecule has 0 aliphatic rings. The summed E-state index contributed by atoms with van der Waals surface area (Å²) in [5, 5.41) is 4.08. The molecular weight excluding hydrogens is 150 g/mol. The van der Waals surface area contributed by atoms with Crippen molar-refractivity contribution in [3.63, 3.8) is 0 Å². The molecule has 0 amide bonds. The lowest BCUT2D eigenvalue weighted by molar-refractivity contribution is 0.898. The van der Waals surface area contributed by atoms with E-state index in [1.54, 1.807) is 17.0 Å². The molecular formula is C9H13N3. The van der Waals surface area contributed by atoms with Crippen LogP contribution in [0.3, 0.4) is 0 Å². The standard InChI is InChI=1S/C9H13N3/c1-2-9(5-3-6-10)12-8-4-7-11-12/h2,4-5,7-8H,1,3,6,10H2/b9-5+. The maximum absolute atomic E-state index is 5.38. The van der Waals surface area contributed by atoms with E-state index in [9.17, 15) is 0 Å². The molecule has 3 heteroatoms. The zero-order valence-corrected chi connectivity index (χ0v) is 6.98. The molecule has 0 aromatic carbocycles. The van der Waals surface area contributed by atoms with E-state index in [-0.39, 0.29) is 0 Å². The molecule has 0 radical (unpaired) electrons. The largest absolute Gasteiger partial charge is 0.330 e. The summed E-state index contributed by atoms with van der Waals surface area (Å²) >= 11 is 0. The van der Waals surface area contributed by atoms with Crippen LogP contribution in [0.25, 0.3) is 5.70 Å². The van der Waals surface area contributed by atoms with Crippen LogP contribution >= 0.6 is 0 Å². The average molecular weight is 163 g/mol. The molecule has 64 valence electrons. The van der Waals surface area contributed by atoms with Crippen molar-refractivity contribution in [2.45, 2.75) is 6.42 Å². The Balaban J connectivity index is 2.76. The van der Waals surface area contributed by atoms with Crippen LogP contribution in [0.4, 0.5) is 0 Å². The van der Waals surface area contributed by atoms with Crippen LogP contribution in [0.15, 0.2) is 37.2 Å². The second-order valence-electron chi connectivity index (χ2n) is 2.36. The van der Waals surface area contributed by atoms with Gasteiger partial charge in [-0.1, -0.05) is 12.7 Å². The molecule has 2 N–H and O–H groups in total. The van der Waals surface area contributed by atoms with Gasteiger partial charge in [0.05, 0.1) is 5.70 Å². The fourth-order valence-electron chi connectivity index (χ4n) is 0.923. The molecule has 1 aromatic heterocycles. The second-order valence-corrected chi connectivity index (χ2v) is 2.36. The quantitative estimate of drug-likeness (QED) is 0.679. The molecule has 1 heterocycles. The molecule has 0 aliphatic heterocycles. The predicted octanol–water partition coefficient (Wildman–Crippen LogP) is 1.26. The number of nitrogens with zero attached hydrogens (tertiary/aromatic N) is 2. The van der Waals surface area contributed by atoms with Crippen molar-refractivity contribution in [2.75, 3.05) is 6.54 Å². The van der Waals surface area contributed by atoms with Crippen molar-refractivity contribution in [1.29, 1.82) is 0 Å². The number of rotatable bonds is 4. The van der Waals surface area contributed by atoms with Crippen LogP contribution in [0.1, 0.15) is 6.42 Å². The van der Waals surface area contributed by atoms with Crippen LogP contribution in [0.2, 0.25) is 0 Å². The Morgan fingerprint density at radius 2 is 2.50 bits per heavy atom. The molecule has 1 aromatic rings. The zero-order valence-electron chi connectivity index (χ0n) is 6.98. The van der Waals surface area contributed by atoms with Crippen molar-refractivity contribution >= 4 is 5.70 Å². The van der Waals surface area contributed by atoms with Crippen LogP contribution in [0, 0.1) is 0 Å². The van der Waals surface area contributed by atoms with E-state index < -0.39 is 0 Å². The first kappa shape index (κ1) is 8.74. The minimum atomic E-state index is 0.651. The molecule has 0 saturated heterocycles. The van der Waals surface area contributed by atoms with E-state index in [2.05, 4.69) is 11.7 Å². The average Bonchev–Trinajstić information content (AvgIpc) is 2.59. The Kier molecular flexibility index (Phi) is 3.29. The number of hydrogen-bond donors (Lipinski definition) is 1. The number of nitrogens with two attached hydrogens (primary N) is 1. The van der Waals surface area contributed by atoms with Crippen molar-refractivity contribution in [3.8, 4) is 0 Å². The topological polar surface area (TPSA) is 43.8 Å². The van der Waals surface area contributed by atoms with E-state index in [4.69, 9.17) is 5.73 Å². The maximum Gasteiger partial charge on any atom is 0.0600 e. The van der Waals surface area contributed by atoms with Gasteiger partial charge in [0.1, 0.15) is 0 Å². The SMILES string of the molecule is C=C/C(=C\CCN)n1cccn1. The van der Waals surface area contributed by atoms with E-state index >= 15 is 0 Å². The van der Waals surface area contributed by atoms with Gasteiger partial charge in [-0.05, 0) is 25.1 Å². The molecule has 3 nitrogen and oxygen atoms in total. The lowest BCUT2D eigenvalue weighted by Crippen LogP contribution is -1.99. The van der Waals surface area contributed by atoms with E-state index in [0.717, 1.165) is 12.1 Å². The number of allylic oxidation sites excluding steroid dienone is 2. The van der Waals surface area contributed by atoms with Crippen LogP contribution in [0.5, 0.6) is 0 Å². The van der Waals surface area contributed by atoms with Gasteiger partial charge in [0.25, 0.3) is 0 Å². The summed E-state index contributed by atoms with van der Waals surface area (Å²) < 4.78 is 1.77. The monoisotopic (exact) mass is 163 g/mol. The highest BCUT2D eigenvalue weighted by Gasteiger charge is 1.92. The lowest BCUT2D eigenvalue weighted by atomic mass is 10.3.